The largest absolute Gasteiger partial charge is 0.342 e. The van der Waals surface area contributed by atoms with E-state index in [1.54, 1.807) is 31.2 Å². The molecule has 166 valence electrons. The fraction of sp³-hybridized carbons (Fsp3) is 0.0833. The van der Waals surface area contributed by atoms with Crippen molar-refractivity contribution in [2.24, 2.45) is 0 Å². The minimum absolute atomic E-state index is 0.246. The molecular formula is C24H22ClN7O. The molecule has 0 saturated carbocycles. The average Bonchev–Trinajstić information content (AvgIpc) is 2.80. The topological polar surface area (TPSA) is 104 Å². The Morgan fingerprint density at radius 1 is 0.727 bits per heavy atom. The van der Waals surface area contributed by atoms with E-state index in [9.17, 15) is 4.79 Å². The second kappa shape index (κ2) is 10.4. The molecular weight excluding hydrogens is 438 g/mol. The molecule has 0 aliphatic heterocycles. The molecule has 4 aromatic rings. The van der Waals surface area contributed by atoms with E-state index in [0.717, 1.165) is 11.4 Å². The maximum Gasteiger partial charge on any atom is 0.246 e. The maximum absolute atomic E-state index is 12.7. The molecule has 33 heavy (non-hydrogen) atoms. The van der Waals surface area contributed by atoms with Gasteiger partial charge in [-0.15, -0.1) is 0 Å². The van der Waals surface area contributed by atoms with Gasteiger partial charge < -0.3 is 21.3 Å². The number of halogens is 1. The average molecular weight is 460 g/mol. The number of carbonyl (C=O) groups is 1. The van der Waals surface area contributed by atoms with Gasteiger partial charge >= 0.3 is 0 Å². The normalized spacial score (nSPS) is 11.3. The highest BCUT2D eigenvalue weighted by atomic mass is 35.5. The zero-order chi connectivity index (χ0) is 23.0. The maximum atomic E-state index is 12.7. The van der Waals surface area contributed by atoms with E-state index in [2.05, 4.69) is 36.2 Å². The summed E-state index contributed by atoms with van der Waals surface area (Å²) < 4.78 is 0. The minimum atomic E-state index is -0.625. The summed E-state index contributed by atoms with van der Waals surface area (Å²) in [7, 11) is 0. The van der Waals surface area contributed by atoms with Crippen molar-refractivity contribution in [1.82, 2.24) is 15.0 Å². The molecule has 4 rings (SSSR count). The molecule has 4 N–H and O–H groups in total. The van der Waals surface area contributed by atoms with E-state index in [4.69, 9.17) is 11.6 Å². The first-order valence-corrected chi connectivity index (χ1v) is 10.7. The number of nitrogens with one attached hydrogen (secondary N) is 4. The number of aromatic nitrogens is 3. The van der Waals surface area contributed by atoms with E-state index >= 15 is 0 Å². The number of para-hydroxylation sites is 2. The molecule has 1 amide bonds. The zero-order valence-electron chi connectivity index (χ0n) is 17.8. The highest BCUT2D eigenvalue weighted by molar-refractivity contribution is 6.30. The van der Waals surface area contributed by atoms with Crippen LogP contribution in [0.2, 0.25) is 5.02 Å². The fourth-order valence-corrected chi connectivity index (χ4v) is 3.12. The Hall–Kier alpha value is -4.17. The summed E-state index contributed by atoms with van der Waals surface area (Å²) in [6, 6.07) is 25.4. The molecule has 0 aliphatic rings. The Balaban J connectivity index is 1.54. The van der Waals surface area contributed by atoms with Gasteiger partial charge in [0, 0.05) is 22.1 Å². The van der Waals surface area contributed by atoms with Gasteiger partial charge in [0.05, 0.1) is 0 Å². The van der Waals surface area contributed by atoms with E-state index in [0.29, 0.717) is 22.6 Å². The van der Waals surface area contributed by atoms with Crippen LogP contribution in [0.25, 0.3) is 0 Å². The predicted molar refractivity (Wildman–Crippen MR) is 132 cm³/mol. The van der Waals surface area contributed by atoms with Gasteiger partial charge in [0.1, 0.15) is 6.04 Å². The van der Waals surface area contributed by atoms with Gasteiger partial charge in [0.25, 0.3) is 0 Å². The van der Waals surface area contributed by atoms with Crippen molar-refractivity contribution >= 4 is 52.4 Å². The summed E-state index contributed by atoms with van der Waals surface area (Å²) in [5, 5.41) is 12.7. The number of hydrogen-bond donors (Lipinski definition) is 4. The first-order chi connectivity index (χ1) is 16.0. The van der Waals surface area contributed by atoms with Gasteiger partial charge in [-0.1, -0.05) is 54.1 Å². The van der Waals surface area contributed by atoms with E-state index in [1.807, 2.05) is 60.7 Å². The van der Waals surface area contributed by atoms with Gasteiger partial charge in [0.15, 0.2) is 0 Å². The molecule has 0 radical (unpaired) electrons. The van der Waals surface area contributed by atoms with Crippen molar-refractivity contribution < 1.29 is 4.79 Å². The van der Waals surface area contributed by atoms with Crippen LogP contribution in [-0.4, -0.2) is 26.9 Å². The van der Waals surface area contributed by atoms with E-state index < -0.39 is 6.04 Å². The summed E-state index contributed by atoms with van der Waals surface area (Å²) in [6.07, 6.45) is 0. The Bertz CT molecular complexity index is 1160. The summed E-state index contributed by atoms with van der Waals surface area (Å²) in [5.74, 6) is 0.655. The van der Waals surface area contributed by atoms with Gasteiger partial charge in [-0.3, -0.25) is 4.79 Å². The van der Waals surface area contributed by atoms with Crippen LogP contribution in [0, 0.1) is 0 Å². The molecule has 1 heterocycles. The predicted octanol–water partition coefficient (Wildman–Crippen LogP) is 5.45. The van der Waals surface area contributed by atoms with E-state index in [-0.39, 0.29) is 11.9 Å². The molecule has 0 unspecified atom stereocenters. The molecule has 3 aromatic carbocycles. The third-order valence-electron chi connectivity index (χ3n) is 4.53. The van der Waals surface area contributed by atoms with Crippen LogP contribution in [-0.2, 0) is 4.79 Å². The zero-order valence-corrected chi connectivity index (χ0v) is 18.5. The van der Waals surface area contributed by atoms with Crippen molar-refractivity contribution in [3.63, 3.8) is 0 Å². The van der Waals surface area contributed by atoms with Crippen molar-refractivity contribution in [3.8, 4) is 0 Å². The second-order valence-corrected chi connectivity index (χ2v) is 7.59. The monoisotopic (exact) mass is 459 g/mol. The Morgan fingerprint density at radius 2 is 1.24 bits per heavy atom. The highest BCUT2D eigenvalue weighted by Crippen LogP contribution is 2.19. The Kier molecular flexibility index (Phi) is 6.96. The number of rotatable bonds is 8. The van der Waals surface area contributed by atoms with Crippen LogP contribution in [0.1, 0.15) is 6.92 Å². The summed E-state index contributed by atoms with van der Waals surface area (Å²) in [6.45, 7) is 1.72. The lowest BCUT2D eigenvalue weighted by Gasteiger charge is -2.16. The van der Waals surface area contributed by atoms with Crippen LogP contribution in [0.4, 0.5) is 34.9 Å². The number of carbonyl (C=O) groups excluding carboxylic acids is 1. The standard InChI is InChI=1S/C24H22ClN7O/c1-16(21(33)27-20-14-8-9-17(25)15-20)26-22-30-23(28-18-10-4-2-5-11-18)32-24(31-22)29-19-12-6-3-7-13-19/h2-16H,1H3,(H,27,33)(H3,26,28,29,30,31,32)/t16-/m0/s1. The van der Waals surface area contributed by atoms with E-state index in [1.165, 1.54) is 0 Å². The van der Waals surface area contributed by atoms with Gasteiger partial charge in [-0.25, -0.2) is 0 Å². The number of anilines is 6. The summed E-state index contributed by atoms with van der Waals surface area (Å²) in [4.78, 5) is 26.0. The quantitative estimate of drug-likeness (QED) is 0.277. The van der Waals surface area contributed by atoms with Crippen LogP contribution < -0.4 is 21.3 Å². The van der Waals surface area contributed by atoms with Crippen molar-refractivity contribution in [2.45, 2.75) is 13.0 Å². The van der Waals surface area contributed by atoms with Gasteiger partial charge in [-0.05, 0) is 49.4 Å². The molecule has 0 spiro atoms. The van der Waals surface area contributed by atoms with Crippen LogP contribution >= 0.6 is 11.6 Å². The molecule has 0 saturated heterocycles. The molecule has 0 aliphatic carbocycles. The van der Waals surface area contributed by atoms with Gasteiger partial charge in [-0.2, -0.15) is 15.0 Å². The first-order valence-electron chi connectivity index (χ1n) is 10.3. The molecule has 0 bridgehead atoms. The van der Waals surface area contributed by atoms with Crippen molar-refractivity contribution in [1.29, 1.82) is 0 Å². The number of nitrogens with zero attached hydrogens (tertiary/aromatic N) is 3. The SMILES string of the molecule is C[C@H](Nc1nc(Nc2ccccc2)nc(Nc2ccccc2)n1)C(=O)Nc1cccc(Cl)c1. The van der Waals surface area contributed by atoms with Crippen molar-refractivity contribution in [3.05, 3.63) is 90.0 Å². The molecule has 8 nitrogen and oxygen atoms in total. The molecule has 0 fully saturated rings. The number of hydrogen-bond acceptors (Lipinski definition) is 7. The smallest absolute Gasteiger partial charge is 0.246 e. The van der Waals surface area contributed by atoms with Crippen LogP contribution in [0.15, 0.2) is 84.9 Å². The van der Waals surface area contributed by atoms with Gasteiger partial charge in [0.2, 0.25) is 23.8 Å². The number of amides is 1. The molecule has 9 heteroatoms. The first kappa shape index (κ1) is 22.0. The Morgan fingerprint density at radius 3 is 1.79 bits per heavy atom. The lowest BCUT2D eigenvalue weighted by Crippen LogP contribution is -2.32. The highest BCUT2D eigenvalue weighted by Gasteiger charge is 2.16. The Labute approximate surface area is 196 Å². The lowest BCUT2D eigenvalue weighted by atomic mass is 10.2. The lowest BCUT2D eigenvalue weighted by molar-refractivity contribution is -0.116. The number of benzene rings is 3. The minimum Gasteiger partial charge on any atom is -0.342 e. The third kappa shape index (κ3) is 6.41. The summed E-state index contributed by atoms with van der Waals surface area (Å²) >= 11 is 6.00. The molecule has 1 aromatic heterocycles. The molecule has 1 atom stereocenters. The van der Waals surface area contributed by atoms with Crippen LogP contribution in [0.3, 0.4) is 0 Å². The van der Waals surface area contributed by atoms with Crippen molar-refractivity contribution in [2.75, 3.05) is 21.3 Å². The second-order valence-electron chi connectivity index (χ2n) is 7.15. The van der Waals surface area contributed by atoms with Crippen LogP contribution in [0.5, 0.6) is 0 Å². The fourth-order valence-electron chi connectivity index (χ4n) is 2.93. The third-order valence-corrected chi connectivity index (χ3v) is 4.76. The summed E-state index contributed by atoms with van der Waals surface area (Å²) in [5.41, 5.74) is 2.26.